The van der Waals surface area contributed by atoms with Crippen molar-refractivity contribution in [3.63, 3.8) is 0 Å². The molecule has 2 amide bonds. The van der Waals surface area contributed by atoms with E-state index < -0.39 is 11.8 Å². The highest BCUT2D eigenvalue weighted by Crippen LogP contribution is 2.32. The van der Waals surface area contributed by atoms with Crippen LogP contribution in [0, 0.1) is 0 Å². The summed E-state index contributed by atoms with van der Waals surface area (Å²) in [6.45, 7) is 0.128. The van der Waals surface area contributed by atoms with Crippen molar-refractivity contribution < 1.29 is 19.1 Å². The molecule has 0 saturated carbocycles. The van der Waals surface area contributed by atoms with E-state index in [0.717, 1.165) is 5.69 Å². The van der Waals surface area contributed by atoms with Crippen LogP contribution in [0.4, 0.5) is 0 Å². The van der Waals surface area contributed by atoms with Crippen LogP contribution < -0.4 is 20.3 Å². The minimum atomic E-state index is -0.471. The van der Waals surface area contributed by atoms with Crippen molar-refractivity contribution in [2.75, 3.05) is 6.79 Å². The van der Waals surface area contributed by atoms with Crippen LogP contribution in [0.3, 0.4) is 0 Å². The van der Waals surface area contributed by atoms with Crippen LogP contribution in [0.25, 0.3) is 5.69 Å². The van der Waals surface area contributed by atoms with Gasteiger partial charge in [-0.2, -0.15) is 5.10 Å². The summed E-state index contributed by atoms with van der Waals surface area (Å²) in [5.74, 6) is 0.139. The lowest BCUT2D eigenvalue weighted by atomic mass is 10.2. The molecule has 0 aliphatic carbocycles. The van der Waals surface area contributed by atoms with E-state index in [2.05, 4.69) is 16.0 Å². The van der Waals surface area contributed by atoms with Crippen molar-refractivity contribution in [2.24, 2.45) is 0 Å². The molecule has 1 aromatic heterocycles. The minimum absolute atomic E-state index is 0.128. The van der Waals surface area contributed by atoms with Gasteiger partial charge in [-0.05, 0) is 30.3 Å². The van der Waals surface area contributed by atoms with Gasteiger partial charge in [-0.25, -0.2) is 4.68 Å². The van der Waals surface area contributed by atoms with Crippen molar-refractivity contribution in [2.45, 2.75) is 0 Å². The predicted octanol–water partition coefficient (Wildman–Crippen LogP) is 1.68. The fourth-order valence-corrected chi connectivity index (χ4v) is 2.46. The standard InChI is InChI=1S/C18H14N4O4/c23-17(12-6-7-15-16(8-12)26-11-25-15)20-21-18(24)13-9-19-22(10-13)14-4-2-1-3-5-14/h1-10H,11H2,(H,20,23)(H,21,24). The number of nitrogens with zero attached hydrogens (tertiary/aromatic N) is 2. The highest BCUT2D eigenvalue weighted by molar-refractivity contribution is 5.99. The lowest BCUT2D eigenvalue weighted by Crippen LogP contribution is -2.41. The molecule has 0 radical (unpaired) electrons. The maximum absolute atomic E-state index is 12.2. The van der Waals surface area contributed by atoms with Gasteiger partial charge < -0.3 is 9.47 Å². The Kier molecular flexibility index (Phi) is 3.98. The second-order valence-corrected chi connectivity index (χ2v) is 5.49. The first-order chi connectivity index (χ1) is 12.7. The molecule has 4 rings (SSSR count). The Labute approximate surface area is 148 Å². The summed E-state index contributed by atoms with van der Waals surface area (Å²) in [6.07, 6.45) is 3.01. The SMILES string of the molecule is O=C(NNC(=O)c1cnn(-c2ccccc2)c1)c1ccc2c(c1)OCO2. The number of nitrogens with one attached hydrogen (secondary N) is 2. The number of aromatic nitrogens is 2. The average molecular weight is 350 g/mol. The molecule has 8 nitrogen and oxygen atoms in total. The van der Waals surface area contributed by atoms with Crippen molar-refractivity contribution in [1.82, 2.24) is 20.6 Å². The zero-order valence-electron chi connectivity index (χ0n) is 13.5. The van der Waals surface area contributed by atoms with Crippen LogP contribution in [-0.4, -0.2) is 28.4 Å². The summed E-state index contributed by atoms with van der Waals surface area (Å²) in [5.41, 5.74) is 6.22. The quantitative estimate of drug-likeness (QED) is 0.701. The molecule has 3 aromatic rings. The first-order valence-electron chi connectivity index (χ1n) is 7.81. The number of hydrazine groups is 1. The predicted molar refractivity (Wildman–Crippen MR) is 91.1 cm³/mol. The van der Waals surface area contributed by atoms with Crippen LogP contribution in [-0.2, 0) is 0 Å². The number of para-hydroxylation sites is 1. The Morgan fingerprint density at radius 1 is 0.923 bits per heavy atom. The van der Waals surface area contributed by atoms with Crippen LogP contribution in [0.1, 0.15) is 20.7 Å². The van der Waals surface area contributed by atoms with Crippen LogP contribution >= 0.6 is 0 Å². The van der Waals surface area contributed by atoms with Crippen LogP contribution in [0.15, 0.2) is 60.9 Å². The van der Waals surface area contributed by atoms with E-state index in [1.807, 2.05) is 30.3 Å². The number of ether oxygens (including phenoxy) is 2. The molecule has 0 saturated heterocycles. The second-order valence-electron chi connectivity index (χ2n) is 5.49. The number of hydrogen-bond acceptors (Lipinski definition) is 5. The van der Waals surface area contributed by atoms with Crippen molar-refractivity contribution in [3.8, 4) is 17.2 Å². The third-order valence-corrected chi connectivity index (χ3v) is 3.79. The Morgan fingerprint density at radius 3 is 2.46 bits per heavy atom. The molecule has 1 aliphatic heterocycles. The van der Waals surface area contributed by atoms with Crippen molar-refractivity contribution in [3.05, 3.63) is 72.1 Å². The summed E-state index contributed by atoms with van der Waals surface area (Å²) in [7, 11) is 0. The number of rotatable bonds is 3. The van der Waals surface area contributed by atoms with E-state index in [1.165, 1.54) is 6.20 Å². The number of fused-ring (bicyclic) bond motifs is 1. The molecule has 0 unspecified atom stereocenters. The maximum Gasteiger partial charge on any atom is 0.272 e. The average Bonchev–Trinajstić information content (AvgIpc) is 3.35. The van der Waals surface area contributed by atoms with Crippen LogP contribution in [0.2, 0.25) is 0 Å². The fourth-order valence-electron chi connectivity index (χ4n) is 2.46. The molecule has 2 aromatic carbocycles. The summed E-state index contributed by atoms with van der Waals surface area (Å²) < 4.78 is 12.0. The molecule has 130 valence electrons. The first kappa shape index (κ1) is 15.7. The Bertz CT molecular complexity index is 968. The smallest absolute Gasteiger partial charge is 0.272 e. The van der Waals surface area contributed by atoms with Gasteiger partial charge in [-0.15, -0.1) is 0 Å². The molecular formula is C18H14N4O4. The Hall–Kier alpha value is -3.81. The molecule has 26 heavy (non-hydrogen) atoms. The first-order valence-corrected chi connectivity index (χ1v) is 7.81. The molecule has 1 aliphatic rings. The number of carbonyl (C=O) groups is 2. The number of benzene rings is 2. The lowest BCUT2D eigenvalue weighted by molar-refractivity contribution is 0.0846. The molecule has 0 bridgehead atoms. The molecule has 0 fully saturated rings. The van der Waals surface area contributed by atoms with E-state index in [0.29, 0.717) is 22.6 Å². The largest absolute Gasteiger partial charge is 0.454 e. The van der Waals surface area contributed by atoms with E-state index in [-0.39, 0.29) is 6.79 Å². The Balaban J connectivity index is 1.39. The summed E-state index contributed by atoms with van der Waals surface area (Å²) >= 11 is 0. The van der Waals surface area contributed by atoms with Crippen molar-refractivity contribution >= 4 is 11.8 Å². The molecule has 0 atom stereocenters. The van der Waals surface area contributed by atoms with Gasteiger partial charge in [0.05, 0.1) is 17.4 Å². The topological polar surface area (TPSA) is 94.5 Å². The van der Waals surface area contributed by atoms with Gasteiger partial charge in [0.1, 0.15) is 0 Å². The molecular weight excluding hydrogens is 336 g/mol. The van der Waals surface area contributed by atoms with Gasteiger partial charge in [-0.3, -0.25) is 20.4 Å². The number of hydrogen-bond donors (Lipinski definition) is 2. The highest BCUT2D eigenvalue weighted by atomic mass is 16.7. The third kappa shape index (κ3) is 3.07. The maximum atomic E-state index is 12.2. The highest BCUT2D eigenvalue weighted by Gasteiger charge is 2.17. The van der Waals surface area contributed by atoms with Gasteiger partial charge in [0.25, 0.3) is 11.8 Å². The van der Waals surface area contributed by atoms with Gasteiger partial charge in [-0.1, -0.05) is 18.2 Å². The summed E-state index contributed by atoms with van der Waals surface area (Å²) in [4.78, 5) is 24.4. The number of carbonyl (C=O) groups excluding carboxylic acids is 2. The van der Waals surface area contributed by atoms with Gasteiger partial charge >= 0.3 is 0 Å². The summed E-state index contributed by atoms with van der Waals surface area (Å²) in [5, 5.41) is 4.14. The van der Waals surface area contributed by atoms with Crippen molar-refractivity contribution in [1.29, 1.82) is 0 Å². The van der Waals surface area contributed by atoms with E-state index in [4.69, 9.17) is 9.47 Å². The monoisotopic (exact) mass is 350 g/mol. The number of amides is 2. The van der Waals surface area contributed by atoms with E-state index in [9.17, 15) is 9.59 Å². The molecule has 2 N–H and O–H groups in total. The fraction of sp³-hybridized carbons (Fsp3) is 0.0556. The lowest BCUT2D eigenvalue weighted by Gasteiger charge is -2.07. The molecule has 0 spiro atoms. The summed E-state index contributed by atoms with van der Waals surface area (Å²) in [6, 6.07) is 14.2. The zero-order valence-corrected chi connectivity index (χ0v) is 13.5. The van der Waals surface area contributed by atoms with Gasteiger partial charge in [0.15, 0.2) is 11.5 Å². The van der Waals surface area contributed by atoms with Gasteiger partial charge in [0, 0.05) is 11.8 Å². The molecule has 8 heteroatoms. The van der Waals surface area contributed by atoms with E-state index >= 15 is 0 Å². The van der Waals surface area contributed by atoms with Crippen LogP contribution in [0.5, 0.6) is 11.5 Å². The third-order valence-electron chi connectivity index (χ3n) is 3.79. The Morgan fingerprint density at radius 2 is 1.65 bits per heavy atom. The second kappa shape index (κ2) is 6.60. The van der Waals surface area contributed by atoms with Gasteiger partial charge in [0.2, 0.25) is 6.79 Å². The molecule has 2 heterocycles. The van der Waals surface area contributed by atoms with E-state index in [1.54, 1.807) is 29.1 Å². The zero-order chi connectivity index (χ0) is 17.9. The minimum Gasteiger partial charge on any atom is -0.454 e. The normalized spacial score (nSPS) is 11.8.